The van der Waals surface area contributed by atoms with Crippen LogP contribution in [0.15, 0.2) is 24.5 Å². The van der Waals surface area contributed by atoms with Crippen molar-refractivity contribution in [2.24, 2.45) is 0 Å². The van der Waals surface area contributed by atoms with Gasteiger partial charge in [0.05, 0.1) is 6.42 Å². The number of carbonyl (C=O) groups is 1. The van der Waals surface area contributed by atoms with E-state index in [0.29, 0.717) is 12.6 Å². The highest BCUT2D eigenvalue weighted by molar-refractivity contribution is 5.66. The van der Waals surface area contributed by atoms with E-state index in [4.69, 9.17) is 5.11 Å². The first kappa shape index (κ1) is 14.0. The van der Waals surface area contributed by atoms with Gasteiger partial charge in [0, 0.05) is 38.1 Å². The number of piperidine rings is 1. The zero-order valence-corrected chi connectivity index (χ0v) is 11.1. The van der Waals surface area contributed by atoms with Crippen LogP contribution < -0.4 is 5.32 Å². The number of hydrogen-bond donors (Lipinski definition) is 2. The van der Waals surface area contributed by atoms with Crippen molar-refractivity contribution < 1.29 is 9.90 Å². The number of nitrogens with zero attached hydrogens (tertiary/aromatic N) is 2. The Kier molecular flexibility index (Phi) is 5.30. The highest BCUT2D eigenvalue weighted by Gasteiger charge is 2.19. The first-order valence-corrected chi connectivity index (χ1v) is 6.80. The third-order valence-electron chi connectivity index (χ3n) is 3.41. The van der Waals surface area contributed by atoms with Crippen molar-refractivity contribution in [3.05, 3.63) is 30.1 Å². The van der Waals surface area contributed by atoms with Gasteiger partial charge < -0.3 is 10.4 Å². The number of carboxylic acid groups (broad SMARTS) is 1. The van der Waals surface area contributed by atoms with Crippen LogP contribution in [-0.4, -0.2) is 46.6 Å². The number of nitrogens with one attached hydrogen (secondary N) is 1. The quantitative estimate of drug-likeness (QED) is 0.805. The molecular formula is C14H21N3O2. The molecule has 2 heterocycles. The Hall–Kier alpha value is -1.46. The van der Waals surface area contributed by atoms with Gasteiger partial charge >= 0.3 is 5.97 Å². The number of aliphatic carboxylic acids is 1. The van der Waals surface area contributed by atoms with Gasteiger partial charge in [-0.05, 0) is 31.0 Å². The maximum atomic E-state index is 10.5. The van der Waals surface area contributed by atoms with Crippen molar-refractivity contribution in [1.29, 1.82) is 0 Å². The lowest BCUT2D eigenvalue weighted by molar-refractivity contribution is -0.136. The molecule has 0 aliphatic carbocycles. The molecule has 2 rings (SSSR count). The fourth-order valence-electron chi connectivity index (χ4n) is 2.50. The largest absolute Gasteiger partial charge is 0.481 e. The SMILES string of the molecule is O=C(O)CCNC1CCCN(Cc2cccnc2)C1. The third-order valence-corrected chi connectivity index (χ3v) is 3.41. The van der Waals surface area contributed by atoms with Gasteiger partial charge in [-0.2, -0.15) is 0 Å². The number of hydrogen-bond acceptors (Lipinski definition) is 4. The lowest BCUT2D eigenvalue weighted by Gasteiger charge is -2.33. The van der Waals surface area contributed by atoms with Crippen molar-refractivity contribution in [1.82, 2.24) is 15.2 Å². The topological polar surface area (TPSA) is 65.5 Å². The van der Waals surface area contributed by atoms with Gasteiger partial charge in [-0.3, -0.25) is 14.7 Å². The predicted octanol–water partition coefficient (Wildman–Crippen LogP) is 1.11. The summed E-state index contributed by atoms with van der Waals surface area (Å²) in [6.45, 7) is 3.56. The summed E-state index contributed by atoms with van der Waals surface area (Å²) in [6, 6.07) is 4.46. The molecule has 0 bridgehead atoms. The van der Waals surface area contributed by atoms with Gasteiger partial charge in [-0.15, -0.1) is 0 Å². The normalized spacial score (nSPS) is 20.3. The molecule has 0 saturated carbocycles. The number of carboxylic acids is 1. The molecule has 0 aromatic carbocycles. The molecule has 19 heavy (non-hydrogen) atoms. The minimum absolute atomic E-state index is 0.194. The molecule has 1 aromatic heterocycles. The van der Waals surface area contributed by atoms with Crippen molar-refractivity contribution in [3.63, 3.8) is 0 Å². The molecule has 1 aliphatic heterocycles. The van der Waals surface area contributed by atoms with Crippen molar-refractivity contribution in [3.8, 4) is 0 Å². The van der Waals surface area contributed by atoms with Gasteiger partial charge in [0.15, 0.2) is 0 Å². The summed E-state index contributed by atoms with van der Waals surface area (Å²) in [5.41, 5.74) is 1.23. The number of aromatic nitrogens is 1. The average molecular weight is 263 g/mol. The van der Waals surface area contributed by atoms with Gasteiger partial charge in [0.25, 0.3) is 0 Å². The zero-order chi connectivity index (χ0) is 13.5. The Balaban J connectivity index is 1.75. The molecule has 1 aliphatic rings. The molecule has 1 fully saturated rings. The second-order valence-corrected chi connectivity index (χ2v) is 5.03. The van der Waals surface area contributed by atoms with E-state index in [2.05, 4.69) is 21.3 Å². The zero-order valence-electron chi connectivity index (χ0n) is 11.1. The molecule has 104 valence electrons. The first-order chi connectivity index (χ1) is 9.24. The van der Waals surface area contributed by atoms with Crippen LogP contribution in [0.25, 0.3) is 0 Å². The molecule has 0 spiro atoms. The molecule has 5 heteroatoms. The van der Waals surface area contributed by atoms with Crippen LogP contribution in [0.2, 0.25) is 0 Å². The second-order valence-electron chi connectivity index (χ2n) is 5.03. The summed E-state index contributed by atoms with van der Waals surface area (Å²) in [4.78, 5) is 17.0. The van der Waals surface area contributed by atoms with Crippen molar-refractivity contribution in [2.45, 2.75) is 31.8 Å². The number of rotatable bonds is 6. The van der Waals surface area contributed by atoms with E-state index >= 15 is 0 Å². The maximum Gasteiger partial charge on any atom is 0.304 e. The first-order valence-electron chi connectivity index (χ1n) is 6.80. The lowest BCUT2D eigenvalue weighted by atomic mass is 10.0. The maximum absolute atomic E-state index is 10.5. The number of pyridine rings is 1. The number of likely N-dealkylation sites (tertiary alicyclic amines) is 1. The molecule has 5 nitrogen and oxygen atoms in total. The van der Waals surface area contributed by atoms with E-state index in [1.165, 1.54) is 5.56 Å². The van der Waals surface area contributed by atoms with Gasteiger partial charge in [0.1, 0.15) is 0 Å². The van der Waals surface area contributed by atoms with Crippen LogP contribution in [0, 0.1) is 0 Å². The molecule has 1 atom stereocenters. The summed E-state index contributed by atoms with van der Waals surface area (Å²) in [5.74, 6) is -0.740. The second kappa shape index (κ2) is 7.21. The highest BCUT2D eigenvalue weighted by Crippen LogP contribution is 2.13. The molecule has 1 unspecified atom stereocenters. The standard InChI is InChI=1S/C14H21N3O2/c18-14(19)5-7-16-13-4-2-8-17(11-13)10-12-3-1-6-15-9-12/h1,3,6,9,13,16H,2,4-5,7-8,10-11H2,(H,18,19). The van der Waals surface area contributed by atoms with Gasteiger partial charge in [-0.25, -0.2) is 0 Å². The summed E-state index contributed by atoms with van der Waals surface area (Å²) in [7, 11) is 0. The van der Waals surface area contributed by atoms with Crippen molar-refractivity contribution >= 4 is 5.97 Å². The molecule has 0 amide bonds. The molecule has 1 aromatic rings. The van der Waals surface area contributed by atoms with Crippen LogP contribution in [0.5, 0.6) is 0 Å². The van der Waals surface area contributed by atoms with E-state index < -0.39 is 5.97 Å². The summed E-state index contributed by atoms with van der Waals surface area (Å²) in [6.07, 6.45) is 6.17. The van der Waals surface area contributed by atoms with Crippen LogP contribution >= 0.6 is 0 Å². The molecule has 1 saturated heterocycles. The Morgan fingerprint density at radius 1 is 1.58 bits per heavy atom. The Bertz CT molecular complexity index is 397. The molecule has 0 radical (unpaired) electrons. The van der Waals surface area contributed by atoms with E-state index in [-0.39, 0.29) is 6.42 Å². The highest BCUT2D eigenvalue weighted by atomic mass is 16.4. The summed E-state index contributed by atoms with van der Waals surface area (Å²) >= 11 is 0. The minimum atomic E-state index is -0.740. The Labute approximate surface area is 113 Å². The van der Waals surface area contributed by atoms with Crippen LogP contribution in [-0.2, 0) is 11.3 Å². The van der Waals surface area contributed by atoms with Gasteiger partial charge in [0.2, 0.25) is 0 Å². The minimum Gasteiger partial charge on any atom is -0.481 e. The molecular weight excluding hydrogens is 242 g/mol. The van der Waals surface area contributed by atoms with Crippen LogP contribution in [0.1, 0.15) is 24.8 Å². The van der Waals surface area contributed by atoms with E-state index in [1.807, 2.05) is 12.3 Å². The Morgan fingerprint density at radius 2 is 2.47 bits per heavy atom. The smallest absolute Gasteiger partial charge is 0.304 e. The van der Waals surface area contributed by atoms with Gasteiger partial charge in [-0.1, -0.05) is 6.07 Å². The Morgan fingerprint density at radius 3 is 3.21 bits per heavy atom. The summed E-state index contributed by atoms with van der Waals surface area (Å²) in [5, 5.41) is 12.0. The average Bonchev–Trinajstić information content (AvgIpc) is 2.40. The van der Waals surface area contributed by atoms with E-state index in [1.54, 1.807) is 6.20 Å². The van der Waals surface area contributed by atoms with Crippen LogP contribution in [0.3, 0.4) is 0 Å². The van der Waals surface area contributed by atoms with Crippen LogP contribution in [0.4, 0.5) is 0 Å². The van der Waals surface area contributed by atoms with Crippen molar-refractivity contribution in [2.75, 3.05) is 19.6 Å². The van der Waals surface area contributed by atoms with E-state index in [0.717, 1.165) is 32.5 Å². The monoisotopic (exact) mass is 263 g/mol. The summed E-state index contributed by atoms with van der Waals surface area (Å²) < 4.78 is 0. The fraction of sp³-hybridized carbons (Fsp3) is 0.571. The van der Waals surface area contributed by atoms with E-state index in [9.17, 15) is 4.79 Å². The fourth-order valence-corrected chi connectivity index (χ4v) is 2.50. The lowest BCUT2D eigenvalue weighted by Crippen LogP contribution is -2.45. The third kappa shape index (κ3) is 4.96. The molecule has 2 N–H and O–H groups in total. The predicted molar refractivity (Wildman–Crippen MR) is 72.8 cm³/mol.